The summed E-state index contributed by atoms with van der Waals surface area (Å²) in [4.78, 5) is 0. The molecule has 202 valence electrons. The molecule has 1 saturated carbocycles. The van der Waals surface area contributed by atoms with Crippen LogP contribution in [0.1, 0.15) is 83.1 Å². The second-order valence-corrected chi connectivity index (χ2v) is 10.5. The molecule has 0 aliphatic heterocycles. The Morgan fingerprint density at radius 2 is 1.45 bits per heavy atom. The third-order valence-corrected chi connectivity index (χ3v) is 7.76. The van der Waals surface area contributed by atoms with Gasteiger partial charge in [0.2, 0.25) is 5.82 Å². The summed E-state index contributed by atoms with van der Waals surface area (Å²) in [6.07, 6.45) is 13.9. The largest absolute Gasteiger partial charge is 0.490 e. The SMILES string of the molecule is C/C=C/C1CCC(c2ccc(-c3ccc(-c4ccc(OCCCCCCC)c(F)c4F)cc3)cc2F)CC1. The maximum atomic E-state index is 15.1. The van der Waals surface area contributed by atoms with Gasteiger partial charge < -0.3 is 4.74 Å². The van der Waals surface area contributed by atoms with Gasteiger partial charge in [0.15, 0.2) is 11.6 Å². The number of hydrogen-bond acceptors (Lipinski definition) is 1. The normalized spacial score (nSPS) is 17.7. The first-order chi connectivity index (χ1) is 18.5. The van der Waals surface area contributed by atoms with Crippen molar-refractivity contribution in [2.24, 2.45) is 5.92 Å². The summed E-state index contributed by atoms with van der Waals surface area (Å²) in [5, 5.41) is 0. The minimum absolute atomic E-state index is 0.0516. The summed E-state index contributed by atoms with van der Waals surface area (Å²) in [6.45, 7) is 4.58. The fourth-order valence-corrected chi connectivity index (χ4v) is 5.53. The summed E-state index contributed by atoms with van der Waals surface area (Å²) in [5.74, 6) is -1.23. The van der Waals surface area contributed by atoms with Crippen LogP contribution in [0.5, 0.6) is 5.75 Å². The average molecular weight is 521 g/mol. The summed E-state index contributed by atoms with van der Waals surface area (Å²) in [5.41, 5.74) is 3.14. The third kappa shape index (κ3) is 6.89. The molecular weight excluding hydrogens is 481 g/mol. The van der Waals surface area contributed by atoms with E-state index < -0.39 is 11.6 Å². The second kappa shape index (κ2) is 13.7. The van der Waals surface area contributed by atoms with Crippen LogP contribution in [-0.2, 0) is 0 Å². The van der Waals surface area contributed by atoms with E-state index in [2.05, 4.69) is 19.1 Å². The Morgan fingerprint density at radius 1 is 0.763 bits per heavy atom. The van der Waals surface area contributed by atoms with Crippen molar-refractivity contribution < 1.29 is 17.9 Å². The van der Waals surface area contributed by atoms with Gasteiger partial charge in [-0.05, 0) is 91.3 Å². The van der Waals surface area contributed by atoms with E-state index >= 15 is 4.39 Å². The van der Waals surface area contributed by atoms with E-state index in [1.165, 1.54) is 12.5 Å². The lowest BCUT2D eigenvalue weighted by molar-refractivity contribution is 0.285. The minimum atomic E-state index is -0.961. The van der Waals surface area contributed by atoms with Gasteiger partial charge in [0.25, 0.3) is 0 Å². The molecular formula is C34H39F3O. The van der Waals surface area contributed by atoms with Gasteiger partial charge >= 0.3 is 0 Å². The van der Waals surface area contributed by atoms with Crippen LogP contribution >= 0.6 is 0 Å². The van der Waals surface area contributed by atoms with Crippen LogP contribution < -0.4 is 4.74 Å². The van der Waals surface area contributed by atoms with Crippen molar-refractivity contribution in [2.45, 2.75) is 77.6 Å². The molecule has 4 rings (SSSR count). The quantitative estimate of drug-likeness (QED) is 0.180. The first kappa shape index (κ1) is 28.0. The molecule has 0 bridgehead atoms. The Labute approximate surface area is 225 Å². The minimum Gasteiger partial charge on any atom is -0.490 e. The Bertz CT molecular complexity index is 1210. The van der Waals surface area contributed by atoms with Gasteiger partial charge in [-0.15, -0.1) is 0 Å². The lowest BCUT2D eigenvalue weighted by atomic mass is 9.78. The number of ether oxygens (including phenoxy) is 1. The molecule has 1 aliphatic rings. The highest BCUT2D eigenvalue weighted by atomic mass is 19.2. The van der Waals surface area contributed by atoms with Crippen molar-refractivity contribution >= 4 is 0 Å². The zero-order valence-electron chi connectivity index (χ0n) is 22.6. The number of unbranched alkanes of at least 4 members (excludes halogenated alkanes) is 4. The number of benzene rings is 3. The van der Waals surface area contributed by atoms with Crippen LogP contribution in [-0.4, -0.2) is 6.61 Å². The van der Waals surface area contributed by atoms with Crippen molar-refractivity contribution in [2.75, 3.05) is 6.61 Å². The lowest BCUT2D eigenvalue weighted by Crippen LogP contribution is -2.12. The number of allylic oxidation sites excluding steroid dienone is 2. The predicted molar refractivity (Wildman–Crippen MR) is 151 cm³/mol. The van der Waals surface area contributed by atoms with Crippen molar-refractivity contribution in [1.29, 1.82) is 0 Å². The molecule has 0 aromatic heterocycles. The standard InChI is InChI=1S/C34H39F3O/c1-3-5-6-7-8-22-38-32-21-20-30(33(36)34(32)37)27-16-14-25(15-17-27)28-18-19-29(31(35)23-28)26-12-10-24(9-4-2)11-13-26/h4,9,14-21,23-24,26H,3,5-8,10-13,22H2,1-2H3/b9-4+. The molecule has 0 spiro atoms. The number of rotatable bonds is 11. The van der Waals surface area contributed by atoms with E-state index in [1.54, 1.807) is 24.3 Å². The molecule has 0 N–H and O–H groups in total. The van der Waals surface area contributed by atoms with Gasteiger partial charge in [-0.3, -0.25) is 0 Å². The predicted octanol–water partition coefficient (Wildman–Crippen LogP) is 10.6. The van der Waals surface area contributed by atoms with E-state index in [1.807, 2.05) is 31.2 Å². The van der Waals surface area contributed by atoms with Gasteiger partial charge in [0.05, 0.1) is 6.61 Å². The number of halogens is 3. The van der Waals surface area contributed by atoms with E-state index in [-0.39, 0.29) is 23.0 Å². The van der Waals surface area contributed by atoms with E-state index in [4.69, 9.17) is 4.74 Å². The fourth-order valence-electron chi connectivity index (χ4n) is 5.53. The van der Waals surface area contributed by atoms with E-state index in [0.717, 1.165) is 68.1 Å². The van der Waals surface area contributed by atoms with Gasteiger partial charge in [-0.25, -0.2) is 8.78 Å². The maximum absolute atomic E-state index is 15.1. The Morgan fingerprint density at radius 3 is 2.13 bits per heavy atom. The van der Waals surface area contributed by atoms with Crippen LogP contribution in [0.25, 0.3) is 22.3 Å². The summed E-state index contributed by atoms with van der Waals surface area (Å²) in [7, 11) is 0. The fraction of sp³-hybridized carbons (Fsp3) is 0.412. The highest BCUT2D eigenvalue weighted by molar-refractivity contribution is 5.71. The van der Waals surface area contributed by atoms with Gasteiger partial charge in [-0.2, -0.15) is 4.39 Å². The first-order valence-corrected chi connectivity index (χ1v) is 14.2. The van der Waals surface area contributed by atoms with Crippen LogP contribution in [0.2, 0.25) is 0 Å². The third-order valence-electron chi connectivity index (χ3n) is 7.76. The topological polar surface area (TPSA) is 9.23 Å². The molecule has 0 heterocycles. The zero-order valence-corrected chi connectivity index (χ0v) is 22.6. The van der Waals surface area contributed by atoms with Crippen LogP contribution in [0.3, 0.4) is 0 Å². The summed E-state index contributed by atoms with van der Waals surface area (Å²) < 4.78 is 50.1. The molecule has 4 heteroatoms. The molecule has 0 unspecified atom stereocenters. The van der Waals surface area contributed by atoms with Crippen molar-refractivity contribution in [3.63, 3.8) is 0 Å². The lowest BCUT2D eigenvalue weighted by Gasteiger charge is -2.27. The van der Waals surface area contributed by atoms with Crippen molar-refractivity contribution in [3.05, 3.63) is 89.8 Å². The summed E-state index contributed by atoms with van der Waals surface area (Å²) >= 11 is 0. The second-order valence-electron chi connectivity index (χ2n) is 10.5. The van der Waals surface area contributed by atoms with E-state index in [0.29, 0.717) is 18.1 Å². The van der Waals surface area contributed by atoms with Gasteiger partial charge in [-0.1, -0.05) is 81.2 Å². The smallest absolute Gasteiger partial charge is 0.201 e. The van der Waals surface area contributed by atoms with Crippen molar-refractivity contribution in [3.8, 4) is 28.0 Å². The van der Waals surface area contributed by atoms with Crippen LogP contribution in [0.15, 0.2) is 66.7 Å². The molecule has 1 nitrogen and oxygen atoms in total. The molecule has 38 heavy (non-hydrogen) atoms. The van der Waals surface area contributed by atoms with Crippen LogP contribution in [0.4, 0.5) is 13.2 Å². The molecule has 1 aliphatic carbocycles. The zero-order chi connectivity index (χ0) is 26.9. The summed E-state index contributed by atoms with van der Waals surface area (Å²) in [6, 6.07) is 15.7. The first-order valence-electron chi connectivity index (χ1n) is 14.2. The molecule has 1 fully saturated rings. The molecule has 0 atom stereocenters. The highest BCUT2D eigenvalue weighted by Crippen LogP contribution is 2.38. The number of hydrogen-bond donors (Lipinski definition) is 0. The van der Waals surface area contributed by atoms with E-state index in [9.17, 15) is 8.78 Å². The van der Waals surface area contributed by atoms with Gasteiger partial charge in [0, 0.05) is 5.56 Å². The molecule has 0 radical (unpaired) electrons. The molecule has 3 aromatic rings. The van der Waals surface area contributed by atoms with Gasteiger partial charge in [0.1, 0.15) is 5.82 Å². The van der Waals surface area contributed by atoms with Crippen molar-refractivity contribution in [1.82, 2.24) is 0 Å². The molecule has 3 aromatic carbocycles. The Balaban J connectivity index is 1.41. The monoisotopic (exact) mass is 520 g/mol. The van der Waals surface area contributed by atoms with Crippen LogP contribution in [0, 0.1) is 23.4 Å². The highest BCUT2D eigenvalue weighted by Gasteiger charge is 2.23. The average Bonchev–Trinajstić information content (AvgIpc) is 2.94. The Kier molecular flexibility index (Phi) is 10.1. The molecule has 0 saturated heterocycles. The Hall–Kier alpha value is -3.01. The maximum Gasteiger partial charge on any atom is 0.201 e. The molecule has 0 amide bonds.